The molecule has 1 fully saturated rings. The summed E-state index contributed by atoms with van der Waals surface area (Å²) >= 11 is 0. The Kier molecular flexibility index (Phi) is 5.90. The molecule has 108 valence electrons. The zero-order valence-electron chi connectivity index (χ0n) is 12.6. The Labute approximate surface area is 117 Å². The molecule has 1 aromatic rings. The number of aromatic nitrogens is 2. The number of hydrogen-bond acceptors (Lipinski definition) is 2. The summed E-state index contributed by atoms with van der Waals surface area (Å²) in [6.45, 7) is 3.41. The van der Waals surface area contributed by atoms with Crippen LogP contribution in [0.3, 0.4) is 0 Å². The summed E-state index contributed by atoms with van der Waals surface area (Å²) in [7, 11) is 1.99. The Balaban J connectivity index is 1.78. The third kappa shape index (κ3) is 4.98. The molecule has 0 aliphatic heterocycles. The van der Waals surface area contributed by atoms with Gasteiger partial charge in [-0.3, -0.25) is 4.68 Å². The quantitative estimate of drug-likeness (QED) is 0.780. The second-order valence-corrected chi connectivity index (χ2v) is 6.10. The molecular formula is C16H29N3. The minimum Gasteiger partial charge on any atom is -0.314 e. The van der Waals surface area contributed by atoms with Gasteiger partial charge in [-0.1, -0.05) is 32.6 Å². The summed E-state index contributed by atoms with van der Waals surface area (Å²) in [5.74, 6) is 0.975. The smallest absolute Gasteiger partial charge is 0.0521 e. The summed E-state index contributed by atoms with van der Waals surface area (Å²) in [4.78, 5) is 0. The Morgan fingerprint density at radius 1 is 1.42 bits per heavy atom. The van der Waals surface area contributed by atoms with Crippen molar-refractivity contribution in [2.45, 2.75) is 64.3 Å². The van der Waals surface area contributed by atoms with E-state index >= 15 is 0 Å². The normalized spacial score (nSPS) is 18.0. The summed E-state index contributed by atoms with van der Waals surface area (Å²) < 4.78 is 1.90. The molecule has 3 heteroatoms. The molecule has 1 heterocycles. The molecular weight excluding hydrogens is 234 g/mol. The molecule has 0 spiro atoms. The van der Waals surface area contributed by atoms with Gasteiger partial charge in [-0.15, -0.1) is 0 Å². The fraction of sp³-hybridized carbons (Fsp3) is 0.812. The number of nitrogens with zero attached hydrogens (tertiary/aromatic N) is 2. The molecule has 1 unspecified atom stereocenters. The van der Waals surface area contributed by atoms with E-state index in [0.29, 0.717) is 6.04 Å². The average molecular weight is 263 g/mol. The molecule has 19 heavy (non-hydrogen) atoms. The van der Waals surface area contributed by atoms with Gasteiger partial charge in [0.05, 0.1) is 6.20 Å². The van der Waals surface area contributed by atoms with Crippen LogP contribution in [0, 0.1) is 5.92 Å². The molecule has 2 rings (SSSR count). The van der Waals surface area contributed by atoms with Crippen LogP contribution in [0.15, 0.2) is 12.4 Å². The van der Waals surface area contributed by atoms with E-state index in [2.05, 4.69) is 23.5 Å². The van der Waals surface area contributed by atoms with Crippen molar-refractivity contribution in [3.8, 4) is 0 Å². The third-order valence-corrected chi connectivity index (χ3v) is 4.32. The second kappa shape index (κ2) is 7.68. The number of nitrogens with one attached hydrogen (secondary N) is 1. The minimum absolute atomic E-state index is 0.697. The van der Waals surface area contributed by atoms with Crippen LogP contribution in [0.5, 0.6) is 0 Å². The predicted octanol–water partition coefficient (Wildman–Crippen LogP) is 3.30. The summed E-state index contributed by atoms with van der Waals surface area (Å²) in [5, 5.41) is 8.00. The van der Waals surface area contributed by atoms with Crippen LogP contribution in [0.1, 0.15) is 57.4 Å². The van der Waals surface area contributed by atoms with Crippen molar-refractivity contribution in [1.82, 2.24) is 15.1 Å². The first-order valence-corrected chi connectivity index (χ1v) is 7.99. The van der Waals surface area contributed by atoms with E-state index < -0.39 is 0 Å². The molecule has 3 nitrogen and oxygen atoms in total. The van der Waals surface area contributed by atoms with E-state index in [1.165, 1.54) is 50.5 Å². The maximum Gasteiger partial charge on any atom is 0.0521 e. The first-order chi connectivity index (χ1) is 9.28. The van der Waals surface area contributed by atoms with Crippen molar-refractivity contribution < 1.29 is 0 Å². The standard InChI is InChI=1S/C16H29N3/c1-3-10-17-16(11-14-6-4-5-7-14)9-8-15-12-18-19(2)13-15/h12-14,16-17H,3-11H2,1-2H3. The fourth-order valence-corrected chi connectivity index (χ4v) is 3.24. The lowest BCUT2D eigenvalue weighted by molar-refractivity contribution is 0.371. The lowest BCUT2D eigenvalue weighted by Crippen LogP contribution is -2.32. The SMILES string of the molecule is CCCNC(CCc1cnn(C)c1)CC1CCCC1. The maximum absolute atomic E-state index is 4.26. The molecule has 0 saturated heterocycles. The Bertz CT molecular complexity index is 353. The molecule has 0 radical (unpaired) electrons. The molecule has 1 aliphatic rings. The summed E-state index contributed by atoms with van der Waals surface area (Å²) in [6.07, 6.45) is 15.0. The van der Waals surface area contributed by atoms with Crippen LogP contribution in [0.25, 0.3) is 0 Å². The maximum atomic E-state index is 4.26. The fourth-order valence-electron chi connectivity index (χ4n) is 3.24. The molecule has 0 bridgehead atoms. The Morgan fingerprint density at radius 2 is 2.21 bits per heavy atom. The van der Waals surface area contributed by atoms with Crippen molar-refractivity contribution >= 4 is 0 Å². The third-order valence-electron chi connectivity index (χ3n) is 4.32. The van der Waals surface area contributed by atoms with Gasteiger partial charge < -0.3 is 5.32 Å². The molecule has 0 amide bonds. The van der Waals surface area contributed by atoms with E-state index in [1.54, 1.807) is 0 Å². The van der Waals surface area contributed by atoms with Crippen molar-refractivity contribution in [3.05, 3.63) is 18.0 Å². The van der Waals surface area contributed by atoms with Crippen LogP contribution in [0.4, 0.5) is 0 Å². The molecule has 0 aromatic carbocycles. The predicted molar refractivity (Wildman–Crippen MR) is 80.2 cm³/mol. The topological polar surface area (TPSA) is 29.9 Å². The monoisotopic (exact) mass is 263 g/mol. The summed E-state index contributed by atoms with van der Waals surface area (Å²) in [5.41, 5.74) is 1.37. The van der Waals surface area contributed by atoms with Gasteiger partial charge in [0.25, 0.3) is 0 Å². The highest BCUT2D eigenvalue weighted by Crippen LogP contribution is 2.29. The van der Waals surface area contributed by atoms with Crippen LogP contribution < -0.4 is 5.32 Å². The van der Waals surface area contributed by atoms with Gasteiger partial charge in [0.1, 0.15) is 0 Å². The van der Waals surface area contributed by atoms with E-state index in [1.807, 2.05) is 17.9 Å². The van der Waals surface area contributed by atoms with Gasteiger partial charge in [0, 0.05) is 19.3 Å². The molecule has 1 N–H and O–H groups in total. The number of rotatable bonds is 8. The zero-order chi connectivity index (χ0) is 13.5. The number of aryl methyl sites for hydroxylation is 2. The van der Waals surface area contributed by atoms with Crippen LogP contribution >= 0.6 is 0 Å². The van der Waals surface area contributed by atoms with E-state index in [4.69, 9.17) is 0 Å². The highest BCUT2D eigenvalue weighted by atomic mass is 15.2. The Hall–Kier alpha value is -0.830. The molecule has 1 aliphatic carbocycles. The van der Waals surface area contributed by atoms with Gasteiger partial charge in [-0.2, -0.15) is 5.10 Å². The lowest BCUT2D eigenvalue weighted by atomic mass is 9.94. The van der Waals surface area contributed by atoms with Gasteiger partial charge in [0.15, 0.2) is 0 Å². The van der Waals surface area contributed by atoms with Crippen LogP contribution in [-0.4, -0.2) is 22.4 Å². The highest BCUT2D eigenvalue weighted by Gasteiger charge is 2.19. The van der Waals surface area contributed by atoms with Gasteiger partial charge >= 0.3 is 0 Å². The van der Waals surface area contributed by atoms with E-state index in [0.717, 1.165) is 18.9 Å². The average Bonchev–Trinajstić information content (AvgIpc) is 3.04. The van der Waals surface area contributed by atoms with Crippen molar-refractivity contribution in [2.24, 2.45) is 13.0 Å². The highest BCUT2D eigenvalue weighted by molar-refractivity contribution is 5.04. The Morgan fingerprint density at radius 3 is 2.84 bits per heavy atom. The van der Waals surface area contributed by atoms with Crippen LogP contribution in [-0.2, 0) is 13.5 Å². The van der Waals surface area contributed by atoms with Gasteiger partial charge in [-0.05, 0) is 43.7 Å². The van der Waals surface area contributed by atoms with Crippen molar-refractivity contribution in [1.29, 1.82) is 0 Å². The zero-order valence-corrected chi connectivity index (χ0v) is 12.6. The first-order valence-electron chi connectivity index (χ1n) is 7.99. The van der Waals surface area contributed by atoms with E-state index in [9.17, 15) is 0 Å². The lowest BCUT2D eigenvalue weighted by Gasteiger charge is -2.21. The van der Waals surface area contributed by atoms with Gasteiger partial charge in [0.2, 0.25) is 0 Å². The largest absolute Gasteiger partial charge is 0.314 e. The second-order valence-electron chi connectivity index (χ2n) is 6.10. The van der Waals surface area contributed by atoms with Crippen LogP contribution in [0.2, 0.25) is 0 Å². The molecule has 1 atom stereocenters. The summed E-state index contributed by atoms with van der Waals surface area (Å²) in [6, 6.07) is 0.697. The van der Waals surface area contributed by atoms with Crippen molar-refractivity contribution in [2.75, 3.05) is 6.54 Å². The van der Waals surface area contributed by atoms with E-state index in [-0.39, 0.29) is 0 Å². The van der Waals surface area contributed by atoms with Crippen molar-refractivity contribution in [3.63, 3.8) is 0 Å². The minimum atomic E-state index is 0.697. The molecule has 1 saturated carbocycles. The number of hydrogen-bond donors (Lipinski definition) is 1. The first kappa shape index (κ1) is 14.6. The van der Waals surface area contributed by atoms with Gasteiger partial charge in [-0.25, -0.2) is 0 Å². The molecule has 1 aromatic heterocycles.